The van der Waals surface area contributed by atoms with E-state index in [4.69, 9.17) is 10.5 Å². The number of imidazole rings is 1. The Bertz CT molecular complexity index is 1040. The van der Waals surface area contributed by atoms with Gasteiger partial charge in [-0.2, -0.15) is 0 Å². The number of carbonyl (C=O) groups is 1. The number of aliphatic hydroxyl groups is 2. The lowest BCUT2D eigenvalue weighted by Gasteiger charge is -2.16. The molecule has 1 saturated heterocycles. The number of benzene rings is 1. The van der Waals surface area contributed by atoms with Gasteiger partial charge in [-0.3, -0.25) is 9.36 Å². The maximum absolute atomic E-state index is 12.0. The van der Waals surface area contributed by atoms with Gasteiger partial charge in [-0.05, 0) is 12.1 Å². The molecule has 0 unspecified atom stereocenters. The van der Waals surface area contributed by atoms with Crippen LogP contribution in [0.15, 0.2) is 41.8 Å². The van der Waals surface area contributed by atoms with Crippen LogP contribution >= 0.6 is 11.8 Å². The van der Waals surface area contributed by atoms with E-state index in [0.29, 0.717) is 22.5 Å². The van der Waals surface area contributed by atoms with Gasteiger partial charge in [0.1, 0.15) is 24.1 Å². The Morgan fingerprint density at radius 1 is 1.28 bits per heavy atom. The zero-order valence-electron chi connectivity index (χ0n) is 15.5. The van der Waals surface area contributed by atoms with Crippen molar-refractivity contribution < 1.29 is 19.7 Å². The molecule has 0 aliphatic carbocycles. The molecule has 1 amide bonds. The van der Waals surface area contributed by atoms with Gasteiger partial charge in [0.05, 0.1) is 18.0 Å². The number of nitrogen functional groups attached to an aromatic ring is 1. The molecule has 5 N–H and O–H groups in total. The topological polar surface area (TPSA) is 148 Å². The molecule has 2 aromatic heterocycles. The summed E-state index contributed by atoms with van der Waals surface area (Å²) < 4.78 is 7.46. The summed E-state index contributed by atoms with van der Waals surface area (Å²) in [5, 5.41) is 23.6. The predicted octanol–water partition coefficient (Wildman–Crippen LogP) is 0.180. The lowest BCUT2D eigenvalue weighted by atomic mass is 10.1. The number of thioether (sulfide) groups is 1. The average Bonchev–Trinajstić information content (AvgIpc) is 3.29. The van der Waals surface area contributed by atoms with Crippen molar-refractivity contribution >= 4 is 34.7 Å². The standard InChI is InChI=1S/C18H20N6O4S/c1-20-17(27)9-4-2-3-5-11(9)29-6-10-13(25)14(26)18(28-10)24-8-23-12-15(19)21-7-22-16(12)24/h2-5,7-8,10,13-14,18,25-26H,6H2,1H3,(H,20,27)(H2,19,21,22)/t10-,13-,14-,18-/m1/s1. The number of nitrogens with zero attached hydrogens (tertiary/aromatic N) is 4. The molecule has 29 heavy (non-hydrogen) atoms. The molecular weight excluding hydrogens is 396 g/mol. The predicted molar refractivity (Wildman–Crippen MR) is 106 cm³/mol. The first-order valence-corrected chi connectivity index (χ1v) is 9.88. The number of hydrogen-bond acceptors (Lipinski definition) is 9. The molecule has 10 nitrogen and oxygen atoms in total. The highest BCUT2D eigenvalue weighted by atomic mass is 32.2. The summed E-state index contributed by atoms with van der Waals surface area (Å²) in [6.45, 7) is 0. The summed E-state index contributed by atoms with van der Waals surface area (Å²) in [4.78, 5) is 25.0. The molecule has 0 bridgehead atoms. The van der Waals surface area contributed by atoms with Crippen molar-refractivity contribution in [1.82, 2.24) is 24.8 Å². The monoisotopic (exact) mass is 416 g/mol. The Hall–Kier alpha value is -2.73. The first kappa shape index (κ1) is 19.6. The smallest absolute Gasteiger partial charge is 0.252 e. The van der Waals surface area contributed by atoms with E-state index in [2.05, 4.69) is 20.3 Å². The van der Waals surface area contributed by atoms with Gasteiger partial charge in [0.2, 0.25) is 0 Å². The molecule has 0 spiro atoms. The Kier molecular flexibility index (Phi) is 5.37. The largest absolute Gasteiger partial charge is 0.387 e. The van der Waals surface area contributed by atoms with Crippen LogP contribution in [0, 0.1) is 0 Å². The molecule has 152 valence electrons. The second-order valence-corrected chi connectivity index (χ2v) is 7.58. The van der Waals surface area contributed by atoms with Gasteiger partial charge in [-0.15, -0.1) is 11.8 Å². The first-order valence-electron chi connectivity index (χ1n) is 8.89. The van der Waals surface area contributed by atoms with Gasteiger partial charge in [-0.1, -0.05) is 12.1 Å². The van der Waals surface area contributed by atoms with E-state index in [-0.39, 0.29) is 11.7 Å². The molecule has 0 radical (unpaired) electrons. The molecule has 1 fully saturated rings. The zero-order chi connectivity index (χ0) is 20.5. The number of rotatable bonds is 5. The minimum atomic E-state index is -1.18. The fourth-order valence-electron chi connectivity index (χ4n) is 3.24. The van der Waals surface area contributed by atoms with Crippen molar-refractivity contribution in [1.29, 1.82) is 0 Å². The van der Waals surface area contributed by atoms with Crippen molar-refractivity contribution in [3.8, 4) is 0 Å². The number of amides is 1. The SMILES string of the molecule is CNC(=O)c1ccccc1SC[C@H]1O[C@@H](n2cnc3c(N)ncnc32)[C@H](O)[C@@H]1O. The number of fused-ring (bicyclic) bond motifs is 1. The summed E-state index contributed by atoms with van der Waals surface area (Å²) in [5.74, 6) is 0.368. The van der Waals surface area contributed by atoms with Crippen molar-refractivity contribution in [2.24, 2.45) is 0 Å². The van der Waals surface area contributed by atoms with Gasteiger partial charge in [0.15, 0.2) is 17.7 Å². The summed E-state index contributed by atoms with van der Waals surface area (Å²) >= 11 is 1.37. The summed E-state index contributed by atoms with van der Waals surface area (Å²) in [7, 11) is 1.57. The van der Waals surface area contributed by atoms with Crippen LogP contribution in [-0.4, -0.2) is 66.8 Å². The van der Waals surface area contributed by atoms with Crippen LogP contribution in [0.3, 0.4) is 0 Å². The van der Waals surface area contributed by atoms with Crippen LogP contribution in [0.2, 0.25) is 0 Å². The normalized spacial score (nSPS) is 24.1. The van der Waals surface area contributed by atoms with E-state index >= 15 is 0 Å². The summed E-state index contributed by atoms with van der Waals surface area (Å²) in [6.07, 6.45) is -1.07. The maximum Gasteiger partial charge on any atom is 0.252 e. The van der Waals surface area contributed by atoms with Crippen LogP contribution in [0.25, 0.3) is 11.2 Å². The number of carbonyl (C=O) groups excluding carboxylic acids is 1. The Morgan fingerprint density at radius 2 is 2.07 bits per heavy atom. The van der Waals surface area contributed by atoms with Gasteiger partial charge in [0, 0.05) is 17.7 Å². The maximum atomic E-state index is 12.0. The quantitative estimate of drug-likeness (QED) is 0.427. The van der Waals surface area contributed by atoms with Crippen molar-refractivity contribution in [3.63, 3.8) is 0 Å². The number of aromatic nitrogens is 4. The molecule has 1 aromatic carbocycles. The van der Waals surface area contributed by atoms with Gasteiger partial charge < -0.3 is 26.0 Å². The highest BCUT2D eigenvalue weighted by molar-refractivity contribution is 7.99. The zero-order valence-corrected chi connectivity index (χ0v) is 16.3. The minimum absolute atomic E-state index is 0.193. The van der Waals surface area contributed by atoms with Crippen molar-refractivity contribution in [2.45, 2.75) is 29.4 Å². The average molecular weight is 416 g/mol. The first-order chi connectivity index (χ1) is 14.0. The fourth-order valence-corrected chi connectivity index (χ4v) is 4.35. The minimum Gasteiger partial charge on any atom is -0.387 e. The molecule has 11 heteroatoms. The Labute approximate surface area is 170 Å². The lowest BCUT2D eigenvalue weighted by Crippen LogP contribution is -2.32. The second kappa shape index (κ2) is 7.95. The molecule has 4 rings (SSSR count). The van der Waals surface area contributed by atoms with Crippen molar-refractivity contribution in [3.05, 3.63) is 42.5 Å². The fraction of sp³-hybridized carbons (Fsp3) is 0.333. The molecule has 0 saturated carbocycles. The number of anilines is 1. The lowest BCUT2D eigenvalue weighted by molar-refractivity contribution is -0.0289. The second-order valence-electron chi connectivity index (χ2n) is 6.52. The highest BCUT2D eigenvalue weighted by Crippen LogP contribution is 2.35. The van der Waals surface area contributed by atoms with Crippen LogP contribution in [0.4, 0.5) is 5.82 Å². The molecule has 3 aromatic rings. The molecule has 1 aliphatic heterocycles. The number of aliphatic hydroxyl groups excluding tert-OH is 2. The van der Waals surface area contributed by atoms with E-state index in [1.54, 1.807) is 19.2 Å². The number of ether oxygens (including phenoxy) is 1. The summed E-state index contributed by atoms with van der Waals surface area (Å²) in [5.41, 5.74) is 7.15. The molecule has 1 aliphatic rings. The third kappa shape index (κ3) is 3.53. The molecule has 4 atom stereocenters. The number of hydrogen-bond donors (Lipinski definition) is 4. The van der Waals surface area contributed by atoms with E-state index in [1.807, 2.05) is 12.1 Å². The summed E-state index contributed by atoms with van der Waals surface area (Å²) in [6, 6.07) is 7.17. The van der Waals surface area contributed by atoms with E-state index in [1.165, 1.54) is 29.0 Å². The van der Waals surface area contributed by atoms with Crippen LogP contribution in [-0.2, 0) is 4.74 Å². The Morgan fingerprint density at radius 3 is 2.86 bits per heavy atom. The van der Waals surface area contributed by atoms with Gasteiger partial charge in [0.25, 0.3) is 5.91 Å². The van der Waals surface area contributed by atoms with Crippen molar-refractivity contribution in [2.75, 3.05) is 18.5 Å². The highest BCUT2D eigenvalue weighted by Gasteiger charge is 2.44. The third-order valence-electron chi connectivity index (χ3n) is 4.76. The molecule has 3 heterocycles. The van der Waals surface area contributed by atoms with Crippen LogP contribution in [0.1, 0.15) is 16.6 Å². The molecular formula is C18H20N6O4S. The number of nitrogens with two attached hydrogens (primary N) is 1. The van der Waals surface area contributed by atoms with E-state index in [9.17, 15) is 15.0 Å². The Balaban J connectivity index is 1.53. The van der Waals surface area contributed by atoms with E-state index in [0.717, 1.165) is 4.90 Å². The van der Waals surface area contributed by atoms with Gasteiger partial charge >= 0.3 is 0 Å². The van der Waals surface area contributed by atoms with E-state index < -0.39 is 24.5 Å². The van der Waals surface area contributed by atoms with Crippen LogP contribution in [0.5, 0.6) is 0 Å². The third-order valence-corrected chi connectivity index (χ3v) is 5.92. The van der Waals surface area contributed by atoms with Gasteiger partial charge in [-0.25, -0.2) is 15.0 Å². The van der Waals surface area contributed by atoms with Crippen LogP contribution < -0.4 is 11.1 Å². The number of nitrogens with one attached hydrogen (secondary N) is 1.